The highest BCUT2D eigenvalue weighted by Gasteiger charge is 2.10. The predicted molar refractivity (Wildman–Crippen MR) is 89.7 cm³/mol. The number of benzene rings is 1. The standard InChI is InChI=1S/C15H14Cl2N2O2S/c1-9-2-5-13(22-9)15(21)19-8-14(20)18-7-10-3-4-11(16)6-12(10)17/h2-6H,7-8H2,1H3,(H,18,20)(H,19,21). The molecule has 0 aliphatic rings. The van der Waals surface area contributed by atoms with Crippen LogP contribution in [-0.2, 0) is 11.3 Å². The van der Waals surface area contributed by atoms with Gasteiger partial charge in [-0.3, -0.25) is 9.59 Å². The van der Waals surface area contributed by atoms with Gasteiger partial charge in [0.1, 0.15) is 0 Å². The number of amides is 2. The quantitative estimate of drug-likeness (QED) is 0.862. The van der Waals surface area contributed by atoms with Crippen LogP contribution in [0.4, 0.5) is 0 Å². The van der Waals surface area contributed by atoms with Gasteiger partial charge in [-0.2, -0.15) is 0 Å². The second kappa shape index (κ2) is 7.63. The maximum absolute atomic E-state index is 11.8. The fourth-order valence-corrected chi connectivity index (χ4v) is 2.98. The molecule has 1 heterocycles. The summed E-state index contributed by atoms with van der Waals surface area (Å²) >= 11 is 13.2. The van der Waals surface area contributed by atoms with Crippen molar-refractivity contribution < 1.29 is 9.59 Å². The van der Waals surface area contributed by atoms with Crippen molar-refractivity contribution in [1.82, 2.24) is 10.6 Å². The van der Waals surface area contributed by atoms with Gasteiger partial charge in [-0.05, 0) is 36.8 Å². The van der Waals surface area contributed by atoms with Crippen LogP contribution in [0.5, 0.6) is 0 Å². The molecule has 7 heteroatoms. The van der Waals surface area contributed by atoms with Gasteiger partial charge < -0.3 is 10.6 Å². The summed E-state index contributed by atoms with van der Waals surface area (Å²) < 4.78 is 0. The molecule has 0 spiro atoms. The average Bonchev–Trinajstić information content (AvgIpc) is 2.90. The summed E-state index contributed by atoms with van der Waals surface area (Å²) in [6.07, 6.45) is 0. The Labute approximate surface area is 142 Å². The van der Waals surface area contributed by atoms with Crippen LogP contribution in [0.2, 0.25) is 10.0 Å². The minimum absolute atomic E-state index is 0.0824. The predicted octanol–water partition coefficient (Wildman–Crippen LogP) is 3.41. The molecule has 0 aliphatic heterocycles. The molecular weight excluding hydrogens is 343 g/mol. The SMILES string of the molecule is Cc1ccc(C(=O)NCC(=O)NCc2ccc(Cl)cc2Cl)s1. The molecule has 2 aromatic rings. The van der Waals surface area contributed by atoms with Crippen LogP contribution in [-0.4, -0.2) is 18.4 Å². The van der Waals surface area contributed by atoms with Gasteiger partial charge in [0.25, 0.3) is 5.91 Å². The van der Waals surface area contributed by atoms with Gasteiger partial charge in [-0.15, -0.1) is 11.3 Å². The van der Waals surface area contributed by atoms with Crippen LogP contribution in [0.1, 0.15) is 20.1 Å². The molecule has 2 N–H and O–H groups in total. The largest absolute Gasteiger partial charge is 0.350 e. The molecule has 0 aliphatic carbocycles. The van der Waals surface area contributed by atoms with E-state index in [1.54, 1.807) is 24.3 Å². The Morgan fingerprint density at radius 2 is 1.91 bits per heavy atom. The lowest BCUT2D eigenvalue weighted by atomic mass is 10.2. The van der Waals surface area contributed by atoms with Crippen molar-refractivity contribution in [3.63, 3.8) is 0 Å². The second-order valence-electron chi connectivity index (χ2n) is 4.61. The number of thiophene rings is 1. The van der Waals surface area contributed by atoms with E-state index >= 15 is 0 Å². The lowest BCUT2D eigenvalue weighted by Crippen LogP contribution is -2.36. The molecule has 2 amide bonds. The maximum Gasteiger partial charge on any atom is 0.261 e. The zero-order chi connectivity index (χ0) is 16.1. The van der Waals surface area contributed by atoms with E-state index in [0.29, 0.717) is 14.9 Å². The van der Waals surface area contributed by atoms with Gasteiger partial charge in [0, 0.05) is 21.5 Å². The number of rotatable bonds is 5. The summed E-state index contributed by atoms with van der Waals surface area (Å²) in [5.41, 5.74) is 0.764. The Bertz CT molecular complexity index is 701. The highest BCUT2D eigenvalue weighted by Crippen LogP contribution is 2.20. The lowest BCUT2D eigenvalue weighted by molar-refractivity contribution is -0.120. The van der Waals surface area contributed by atoms with Crippen molar-refractivity contribution in [1.29, 1.82) is 0 Å². The van der Waals surface area contributed by atoms with E-state index in [1.807, 2.05) is 13.0 Å². The average molecular weight is 357 g/mol. The number of nitrogens with one attached hydrogen (secondary N) is 2. The van der Waals surface area contributed by atoms with Gasteiger partial charge in [0.15, 0.2) is 0 Å². The van der Waals surface area contributed by atoms with Crippen LogP contribution in [0.3, 0.4) is 0 Å². The third kappa shape index (κ3) is 4.73. The van der Waals surface area contributed by atoms with Crippen molar-refractivity contribution >= 4 is 46.4 Å². The molecule has 0 radical (unpaired) electrons. The number of hydrogen-bond acceptors (Lipinski definition) is 3. The van der Waals surface area contributed by atoms with Crippen LogP contribution < -0.4 is 10.6 Å². The molecule has 1 aromatic heterocycles. The zero-order valence-corrected chi connectivity index (χ0v) is 14.1. The van der Waals surface area contributed by atoms with E-state index in [2.05, 4.69) is 10.6 Å². The monoisotopic (exact) mass is 356 g/mol. The molecule has 1 aromatic carbocycles. The molecule has 4 nitrogen and oxygen atoms in total. The molecule has 0 unspecified atom stereocenters. The van der Waals surface area contributed by atoms with E-state index in [9.17, 15) is 9.59 Å². The first-order valence-corrected chi connectivity index (χ1v) is 8.08. The van der Waals surface area contributed by atoms with Crippen LogP contribution in [0.25, 0.3) is 0 Å². The first kappa shape index (κ1) is 16.8. The molecule has 0 fully saturated rings. The van der Waals surface area contributed by atoms with Gasteiger partial charge >= 0.3 is 0 Å². The van der Waals surface area contributed by atoms with Crippen LogP contribution >= 0.6 is 34.5 Å². The maximum atomic E-state index is 11.8. The van der Waals surface area contributed by atoms with Crippen molar-refractivity contribution in [3.8, 4) is 0 Å². The third-order valence-electron chi connectivity index (χ3n) is 2.86. The second-order valence-corrected chi connectivity index (χ2v) is 6.74. The Kier molecular flexibility index (Phi) is 5.83. The van der Waals surface area contributed by atoms with Gasteiger partial charge in [-0.1, -0.05) is 29.3 Å². The summed E-state index contributed by atoms with van der Waals surface area (Å²) in [5.74, 6) is -0.537. The first-order valence-electron chi connectivity index (χ1n) is 6.51. The summed E-state index contributed by atoms with van der Waals surface area (Å²) in [5, 5.41) is 6.30. The molecule has 116 valence electrons. The van der Waals surface area contributed by atoms with Crippen molar-refractivity contribution in [2.75, 3.05) is 6.54 Å². The Morgan fingerprint density at radius 3 is 2.55 bits per heavy atom. The summed E-state index contributed by atoms with van der Waals surface area (Å²) in [6.45, 7) is 2.12. The van der Waals surface area contributed by atoms with Crippen LogP contribution in [0, 0.1) is 6.92 Å². The lowest BCUT2D eigenvalue weighted by Gasteiger charge is -2.08. The number of hydrogen-bond donors (Lipinski definition) is 2. The number of halogens is 2. The molecule has 0 saturated heterocycles. The van der Waals surface area contributed by atoms with Crippen molar-refractivity contribution in [3.05, 3.63) is 55.7 Å². The third-order valence-corrected chi connectivity index (χ3v) is 4.45. The first-order chi connectivity index (χ1) is 10.5. The van der Waals surface area contributed by atoms with Crippen molar-refractivity contribution in [2.45, 2.75) is 13.5 Å². The van der Waals surface area contributed by atoms with E-state index in [0.717, 1.165) is 10.4 Å². The van der Waals surface area contributed by atoms with E-state index in [1.165, 1.54) is 11.3 Å². The molecule has 0 bridgehead atoms. The minimum Gasteiger partial charge on any atom is -0.350 e. The van der Waals surface area contributed by atoms with Gasteiger partial charge in [-0.25, -0.2) is 0 Å². The molecular formula is C15H14Cl2N2O2S. The number of aryl methyl sites for hydroxylation is 1. The van der Waals surface area contributed by atoms with Gasteiger partial charge in [0.05, 0.1) is 11.4 Å². The Balaban J connectivity index is 1.79. The highest BCUT2D eigenvalue weighted by atomic mass is 35.5. The van der Waals surface area contributed by atoms with E-state index in [4.69, 9.17) is 23.2 Å². The van der Waals surface area contributed by atoms with E-state index in [-0.39, 0.29) is 24.9 Å². The number of carbonyl (C=O) groups excluding carboxylic acids is 2. The van der Waals surface area contributed by atoms with E-state index < -0.39 is 0 Å². The fraction of sp³-hybridized carbons (Fsp3) is 0.200. The smallest absolute Gasteiger partial charge is 0.261 e. The van der Waals surface area contributed by atoms with Crippen LogP contribution in [0.15, 0.2) is 30.3 Å². The summed E-state index contributed by atoms with van der Waals surface area (Å²) in [4.78, 5) is 25.2. The molecule has 0 atom stereocenters. The summed E-state index contributed by atoms with van der Waals surface area (Å²) in [7, 11) is 0. The molecule has 2 rings (SSSR count). The topological polar surface area (TPSA) is 58.2 Å². The van der Waals surface area contributed by atoms with Crippen molar-refractivity contribution in [2.24, 2.45) is 0 Å². The van der Waals surface area contributed by atoms with Gasteiger partial charge in [0.2, 0.25) is 5.91 Å². The normalized spacial score (nSPS) is 10.3. The minimum atomic E-state index is -0.285. The summed E-state index contributed by atoms with van der Waals surface area (Å²) in [6, 6.07) is 8.67. The Hall–Kier alpha value is -1.56. The fourth-order valence-electron chi connectivity index (χ4n) is 1.73. The molecule has 0 saturated carbocycles. The number of carbonyl (C=O) groups is 2. The molecule has 22 heavy (non-hydrogen) atoms. The Morgan fingerprint density at radius 1 is 1.14 bits per heavy atom. The highest BCUT2D eigenvalue weighted by molar-refractivity contribution is 7.13. The zero-order valence-electron chi connectivity index (χ0n) is 11.8.